The topological polar surface area (TPSA) is 98.7 Å². The Morgan fingerprint density at radius 1 is 1.55 bits per heavy atom. The number of tetrazole rings is 1. The number of carbonyl (C=O) groups is 1. The molecule has 0 saturated heterocycles. The van der Waals surface area contributed by atoms with Crippen molar-refractivity contribution in [1.29, 1.82) is 0 Å². The third kappa shape index (κ3) is 3.40. The van der Waals surface area contributed by atoms with Gasteiger partial charge in [-0.3, -0.25) is 4.79 Å². The SMILES string of the molecule is CC(Sc1nnnn1C)C(=O)Nc1cc(Cl)ccc1N. The van der Waals surface area contributed by atoms with Gasteiger partial charge in [0.05, 0.1) is 16.6 Å². The molecule has 2 aromatic rings. The molecule has 0 aliphatic carbocycles. The van der Waals surface area contributed by atoms with Gasteiger partial charge in [-0.25, -0.2) is 4.68 Å². The average Bonchev–Trinajstić information content (AvgIpc) is 2.79. The summed E-state index contributed by atoms with van der Waals surface area (Å²) in [5.74, 6) is -0.202. The molecule has 20 heavy (non-hydrogen) atoms. The van der Waals surface area contributed by atoms with Crippen LogP contribution in [0.2, 0.25) is 5.02 Å². The van der Waals surface area contributed by atoms with E-state index in [2.05, 4.69) is 20.8 Å². The fourth-order valence-electron chi connectivity index (χ4n) is 1.40. The van der Waals surface area contributed by atoms with E-state index >= 15 is 0 Å². The lowest BCUT2D eigenvalue weighted by Crippen LogP contribution is -2.23. The molecule has 0 radical (unpaired) electrons. The maximum atomic E-state index is 12.1. The van der Waals surface area contributed by atoms with Crippen LogP contribution in [-0.2, 0) is 11.8 Å². The molecule has 0 bridgehead atoms. The van der Waals surface area contributed by atoms with Crippen LogP contribution in [0.5, 0.6) is 0 Å². The number of hydrogen-bond donors (Lipinski definition) is 2. The van der Waals surface area contributed by atoms with E-state index < -0.39 is 0 Å². The Kier molecular flexibility index (Phi) is 4.46. The Bertz CT molecular complexity index is 631. The second-order valence-corrected chi connectivity index (χ2v) is 5.81. The van der Waals surface area contributed by atoms with E-state index in [1.165, 1.54) is 16.4 Å². The zero-order valence-corrected chi connectivity index (χ0v) is 12.4. The molecular weight excluding hydrogens is 300 g/mol. The number of rotatable bonds is 4. The number of aromatic nitrogens is 4. The summed E-state index contributed by atoms with van der Waals surface area (Å²) in [5.41, 5.74) is 6.73. The molecule has 1 aromatic heterocycles. The van der Waals surface area contributed by atoms with Crippen molar-refractivity contribution in [2.24, 2.45) is 7.05 Å². The summed E-state index contributed by atoms with van der Waals surface area (Å²) >= 11 is 7.13. The van der Waals surface area contributed by atoms with Crippen molar-refractivity contribution >= 4 is 40.6 Å². The first-order valence-electron chi connectivity index (χ1n) is 5.72. The highest BCUT2D eigenvalue weighted by Crippen LogP contribution is 2.25. The van der Waals surface area contributed by atoms with Crippen LogP contribution >= 0.6 is 23.4 Å². The molecule has 9 heteroatoms. The summed E-state index contributed by atoms with van der Waals surface area (Å²) in [6.45, 7) is 1.76. The van der Waals surface area contributed by atoms with Crippen molar-refractivity contribution < 1.29 is 4.79 Å². The highest BCUT2D eigenvalue weighted by Gasteiger charge is 2.18. The van der Waals surface area contributed by atoms with Crippen LogP contribution in [-0.4, -0.2) is 31.4 Å². The second-order valence-electron chi connectivity index (χ2n) is 4.07. The van der Waals surface area contributed by atoms with Gasteiger partial charge in [-0.05, 0) is 35.5 Å². The predicted octanol–water partition coefficient (Wildman–Crippen LogP) is 1.56. The van der Waals surface area contributed by atoms with Gasteiger partial charge < -0.3 is 11.1 Å². The van der Waals surface area contributed by atoms with Gasteiger partial charge in [0.25, 0.3) is 0 Å². The molecule has 1 atom stereocenters. The summed E-state index contributed by atoms with van der Waals surface area (Å²) in [4.78, 5) is 12.1. The van der Waals surface area contributed by atoms with Gasteiger partial charge in [-0.2, -0.15) is 0 Å². The Morgan fingerprint density at radius 2 is 2.30 bits per heavy atom. The number of nitrogens with one attached hydrogen (secondary N) is 1. The number of amides is 1. The Morgan fingerprint density at radius 3 is 2.95 bits per heavy atom. The largest absolute Gasteiger partial charge is 0.397 e. The van der Waals surface area contributed by atoms with Crippen LogP contribution in [0.15, 0.2) is 23.4 Å². The van der Waals surface area contributed by atoms with E-state index in [0.29, 0.717) is 21.6 Å². The smallest absolute Gasteiger partial charge is 0.237 e. The summed E-state index contributed by atoms with van der Waals surface area (Å²) in [6, 6.07) is 4.91. The minimum absolute atomic E-state index is 0.202. The number of benzene rings is 1. The maximum absolute atomic E-state index is 12.1. The van der Waals surface area contributed by atoms with Crippen LogP contribution in [0, 0.1) is 0 Å². The normalized spacial score (nSPS) is 12.2. The zero-order chi connectivity index (χ0) is 14.7. The number of thioether (sulfide) groups is 1. The number of anilines is 2. The molecule has 1 amide bonds. The number of carbonyl (C=O) groups excluding carboxylic acids is 1. The van der Waals surface area contributed by atoms with E-state index in [0.717, 1.165) is 0 Å². The number of hydrogen-bond acceptors (Lipinski definition) is 6. The minimum atomic E-state index is -0.377. The first-order chi connectivity index (χ1) is 9.47. The Balaban J connectivity index is 2.04. The van der Waals surface area contributed by atoms with E-state index in [9.17, 15) is 4.79 Å². The molecule has 2 rings (SSSR count). The molecule has 1 unspecified atom stereocenters. The van der Waals surface area contributed by atoms with Gasteiger partial charge in [0.1, 0.15) is 0 Å². The van der Waals surface area contributed by atoms with Gasteiger partial charge in [0, 0.05) is 12.1 Å². The highest BCUT2D eigenvalue weighted by molar-refractivity contribution is 8.00. The van der Waals surface area contributed by atoms with Crippen LogP contribution in [0.25, 0.3) is 0 Å². The molecule has 0 saturated carbocycles. The molecule has 0 spiro atoms. The van der Waals surface area contributed by atoms with E-state index in [4.69, 9.17) is 17.3 Å². The summed E-state index contributed by atoms with van der Waals surface area (Å²) in [6.07, 6.45) is 0. The maximum Gasteiger partial charge on any atom is 0.237 e. The summed E-state index contributed by atoms with van der Waals surface area (Å²) < 4.78 is 1.50. The number of nitrogen functional groups attached to an aromatic ring is 1. The second kappa shape index (κ2) is 6.10. The number of nitrogens with zero attached hydrogens (tertiary/aromatic N) is 4. The van der Waals surface area contributed by atoms with Crippen molar-refractivity contribution in [3.05, 3.63) is 23.2 Å². The lowest BCUT2D eigenvalue weighted by Gasteiger charge is -2.12. The van der Waals surface area contributed by atoms with Crippen molar-refractivity contribution in [3.63, 3.8) is 0 Å². The number of aryl methyl sites for hydroxylation is 1. The molecule has 7 nitrogen and oxygen atoms in total. The Labute approximate surface area is 124 Å². The third-order valence-corrected chi connectivity index (χ3v) is 3.87. The van der Waals surface area contributed by atoms with Gasteiger partial charge >= 0.3 is 0 Å². The van der Waals surface area contributed by atoms with Gasteiger partial charge in [0.15, 0.2) is 0 Å². The number of nitrogens with two attached hydrogens (primary N) is 1. The first kappa shape index (κ1) is 14.6. The van der Waals surface area contributed by atoms with Crippen molar-refractivity contribution in [2.45, 2.75) is 17.3 Å². The summed E-state index contributed by atoms with van der Waals surface area (Å²) in [7, 11) is 1.71. The summed E-state index contributed by atoms with van der Waals surface area (Å²) in [5, 5.41) is 14.5. The van der Waals surface area contributed by atoms with Gasteiger partial charge in [-0.1, -0.05) is 23.4 Å². The van der Waals surface area contributed by atoms with Crippen molar-refractivity contribution in [3.8, 4) is 0 Å². The molecule has 106 valence electrons. The molecule has 1 aromatic carbocycles. The van der Waals surface area contributed by atoms with Crippen LogP contribution in [0.1, 0.15) is 6.92 Å². The molecule has 0 fully saturated rings. The fraction of sp³-hybridized carbons (Fsp3) is 0.273. The lowest BCUT2D eigenvalue weighted by molar-refractivity contribution is -0.115. The third-order valence-electron chi connectivity index (χ3n) is 2.51. The van der Waals surface area contributed by atoms with E-state index in [1.807, 2.05) is 0 Å². The minimum Gasteiger partial charge on any atom is -0.397 e. The molecule has 1 heterocycles. The number of halogens is 1. The zero-order valence-electron chi connectivity index (χ0n) is 10.9. The van der Waals surface area contributed by atoms with Crippen molar-refractivity contribution in [2.75, 3.05) is 11.1 Å². The lowest BCUT2D eigenvalue weighted by atomic mass is 10.2. The first-order valence-corrected chi connectivity index (χ1v) is 6.98. The molecule has 0 aliphatic heterocycles. The van der Waals surface area contributed by atoms with Gasteiger partial charge in [0.2, 0.25) is 11.1 Å². The molecular formula is C11H13ClN6OS. The highest BCUT2D eigenvalue weighted by atomic mass is 35.5. The fourth-order valence-corrected chi connectivity index (χ4v) is 2.33. The van der Waals surface area contributed by atoms with E-state index in [1.54, 1.807) is 32.2 Å². The van der Waals surface area contributed by atoms with E-state index in [-0.39, 0.29) is 11.2 Å². The predicted molar refractivity (Wildman–Crippen MR) is 78.6 cm³/mol. The van der Waals surface area contributed by atoms with Crippen LogP contribution in [0.4, 0.5) is 11.4 Å². The molecule has 0 aliphatic rings. The standard InChI is InChI=1S/C11H13ClN6OS/c1-6(20-11-15-16-17-18(11)2)10(19)14-9-5-7(12)3-4-8(9)13/h3-6H,13H2,1-2H3,(H,14,19). The van der Waals surface area contributed by atoms with Crippen molar-refractivity contribution in [1.82, 2.24) is 20.2 Å². The van der Waals surface area contributed by atoms with Crippen LogP contribution < -0.4 is 11.1 Å². The Hall–Kier alpha value is -1.80. The molecule has 3 N–H and O–H groups in total. The van der Waals surface area contributed by atoms with Crippen LogP contribution in [0.3, 0.4) is 0 Å². The van der Waals surface area contributed by atoms with Gasteiger partial charge in [-0.15, -0.1) is 5.10 Å². The average molecular weight is 313 g/mol. The monoisotopic (exact) mass is 312 g/mol. The quantitative estimate of drug-likeness (QED) is 0.656.